The number of aromatic nitrogens is 2. The molecule has 5 heteroatoms. The summed E-state index contributed by atoms with van der Waals surface area (Å²) in [5.74, 6) is 0.865. The summed E-state index contributed by atoms with van der Waals surface area (Å²) in [6, 6.07) is 5.79. The monoisotopic (exact) mass is 321 g/mol. The molecule has 1 aromatic heterocycles. The third-order valence-electron chi connectivity index (χ3n) is 3.01. The zero-order valence-electron chi connectivity index (χ0n) is 11.1. The van der Waals surface area contributed by atoms with Crippen LogP contribution in [0.25, 0.3) is 11.4 Å². The van der Waals surface area contributed by atoms with E-state index in [9.17, 15) is 4.79 Å². The minimum absolute atomic E-state index is 0.0521. The van der Waals surface area contributed by atoms with Crippen molar-refractivity contribution >= 4 is 21.7 Å². The number of hydrogen-bond acceptors (Lipinski definition) is 3. The van der Waals surface area contributed by atoms with Gasteiger partial charge < -0.3 is 10.7 Å². The van der Waals surface area contributed by atoms with Crippen LogP contribution in [0.1, 0.15) is 30.9 Å². The van der Waals surface area contributed by atoms with E-state index < -0.39 is 0 Å². The molecule has 1 aromatic carbocycles. The summed E-state index contributed by atoms with van der Waals surface area (Å²) >= 11 is 3.41. The van der Waals surface area contributed by atoms with Crippen molar-refractivity contribution in [3.05, 3.63) is 44.2 Å². The molecule has 0 bridgehead atoms. The number of aryl methyl sites for hydroxylation is 1. The largest absolute Gasteiger partial charge is 0.383 e. The highest BCUT2D eigenvalue weighted by molar-refractivity contribution is 9.10. The first-order chi connectivity index (χ1) is 8.90. The summed E-state index contributed by atoms with van der Waals surface area (Å²) in [5.41, 5.74) is 8.17. The van der Waals surface area contributed by atoms with Crippen LogP contribution >= 0.6 is 15.9 Å². The molecule has 100 valence electrons. The fraction of sp³-hybridized carbons (Fsp3) is 0.286. The van der Waals surface area contributed by atoms with E-state index in [1.54, 1.807) is 0 Å². The quantitative estimate of drug-likeness (QED) is 0.892. The number of hydrogen-bond donors (Lipinski definition) is 2. The highest BCUT2D eigenvalue weighted by Crippen LogP contribution is 2.24. The number of nitrogens with one attached hydrogen (secondary N) is 1. The van der Waals surface area contributed by atoms with E-state index in [-0.39, 0.29) is 11.5 Å². The maximum atomic E-state index is 12.1. The number of rotatable bonds is 2. The molecule has 0 unspecified atom stereocenters. The Morgan fingerprint density at radius 2 is 2.05 bits per heavy atom. The summed E-state index contributed by atoms with van der Waals surface area (Å²) in [7, 11) is 0. The van der Waals surface area contributed by atoms with Crippen molar-refractivity contribution in [2.45, 2.75) is 26.7 Å². The lowest BCUT2D eigenvalue weighted by molar-refractivity contribution is 0.837. The lowest BCUT2D eigenvalue weighted by Crippen LogP contribution is -2.19. The number of H-pyrrole nitrogens is 1. The Balaban J connectivity index is 2.62. The average molecular weight is 322 g/mol. The number of anilines is 1. The Kier molecular flexibility index (Phi) is 3.75. The SMILES string of the molecule is Cc1cc(Br)ccc1-c1nc(N)c(C(C)C)c(=O)[nH]1. The number of benzene rings is 1. The molecule has 0 radical (unpaired) electrons. The van der Waals surface area contributed by atoms with Crippen molar-refractivity contribution in [2.75, 3.05) is 5.73 Å². The normalized spacial score (nSPS) is 11.0. The van der Waals surface area contributed by atoms with Crippen LogP contribution < -0.4 is 11.3 Å². The zero-order chi connectivity index (χ0) is 14.2. The van der Waals surface area contributed by atoms with Crippen molar-refractivity contribution in [1.29, 1.82) is 0 Å². The number of nitrogens with two attached hydrogens (primary N) is 1. The Hall–Kier alpha value is -1.62. The second-order valence-electron chi connectivity index (χ2n) is 4.83. The van der Waals surface area contributed by atoms with E-state index >= 15 is 0 Å². The van der Waals surface area contributed by atoms with E-state index in [0.29, 0.717) is 17.2 Å². The van der Waals surface area contributed by atoms with Crippen LogP contribution in [0, 0.1) is 6.92 Å². The van der Waals surface area contributed by atoms with Gasteiger partial charge in [-0.05, 0) is 36.6 Å². The van der Waals surface area contributed by atoms with Crippen LogP contribution in [-0.2, 0) is 0 Å². The van der Waals surface area contributed by atoms with Crippen LogP contribution in [0.5, 0.6) is 0 Å². The smallest absolute Gasteiger partial charge is 0.256 e. The molecule has 0 atom stereocenters. The molecule has 2 aromatic rings. The van der Waals surface area contributed by atoms with Gasteiger partial charge in [-0.3, -0.25) is 4.79 Å². The van der Waals surface area contributed by atoms with Gasteiger partial charge in [0.25, 0.3) is 5.56 Å². The maximum Gasteiger partial charge on any atom is 0.256 e. The second kappa shape index (κ2) is 5.17. The van der Waals surface area contributed by atoms with E-state index in [1.807, 2.05) is 39.0 Å². The average Bonchev–Trinajstić information content (AvgIpc) is 2.26. The minimum atomic E-state index is -0.167. The predicted octanol–water partition coefficient (Wildman–Crippen LogP) is 3.21. The van der Waals surface area contributed by atoms with Crippen LogP contribution in [0.4, 0.5) is 5.82 Å². The Bertz CT molecular complexity index is 677. The minimum Gasteiger partial charge on any atom is -0.383 e. The number of aromatic amines is 1. The van der Waals surface area contributed by atoms with Crippen LogP contribution in [-0.4, -0.2) is 9.97 Å². The van der Waals surface area contributed by atoms with E-state index in [4.69, 9.17) is 5.73 Å². The second-order valence-corrected chi connectivity index (χ2v) is 5.74. The summed E-state index contributed by atoms with van der Waals surface area (Å²) < 4.78 is 0.989. The lowest BCUT2D eigenvalue weighted by Gasteiger charge is -2.11. The van der Waals surface area contributed by atoms with Gasteiger partial charge in [-0.15, -0.1) is 0 Å². The molecule has 0 saturated heterocycles. The first-order valence-electron chi connectivity index (χ1n) is 6.06. The highest BCUT2D eigenvalue weighted by atomic mass is 79.9. The first-order valence-corrected chi connectivity index (χ1v) is 6.85. The first kappa shape index (κ1) is 13.8. The third kappa shape index (κ3) is 2.71. The topological polar surface area (TPSA) is 71.8 Å². The molecule has 0 amide bonds. The number of nitrogens with zero attached hydrogens (tertiary/aromatic N) is 1. The van der Waals surface area contributed by atoms with Crippen molar-refractivity contribution in [2.24, 2.45) is 0 Å². The van der Waals surface area contributed by atoms with Crippen molar-refractivity contribution in [1.82, 2.24) is 9.97 Å². The Morgan fingerprint density at radius 3 is 2.58 bits per heavy atom. The number of nitrogen functional groups attached to an aromatic ring is 1. The van der Waals surface area contributed by atoms with Gasteiger partial charge >= 0.3 is 0 Å². The van der Waals surface area contributed by atoms with Gasteiger partial charge in [-0.2, -0.15) is 0 Å². The van der Waals surface area contributed by atoms with Crippen LogP contribution in [0.2, 0.25) is 0 Å². The van der Waals surface area contributed by atoms with Crippen LogP contribution in [0.15, 0.2) is 27.5 Å². The van der Waals surface area contributed by atoms with Gasteiger partial charge in [0, 0.05) is 10.0 Å². The van der Waals surface area contributed by atoms with Gasteiger partial charge in [-0.25, -0.2) is 4.98 Å². The molecular formula is C14H16BrN3O. The summed E-state index contributed by atoms with van der Waals surface area (Å²) in [6.07, 6.45) is 0. The van der Waals surface area contributed by atoms with Crippen molar-refractivity contribution in [3.8, 4) is 11.4 Å². The van der Waals surface area contributed by atoms with E-state index in [2.05, 4.69) is 25.9 Å². The molecule has 2 rings (SSSR count). The molecule has 4 nitrogen and oxygen atoms in total. The predicted molar refractivity (Wildman–Crippen MR) is 81.2 cm³/mol. The molecular weight excluding hydrogens is 306 g/mol. The molecule has 3 N–H and O–H groups in total. The van der Waals surface area contributed by atoms with Crippen molar-refractivity contribution < 1.29 is 0 Å². The summed E-state index contributed by atoms with van der Waals surface area (Å²) in [6.45, 7) is 5.81. The molecule has 0 aliphatic rings. The van der Waals surface area contributed by atoms with Gasteiger partial charge in [0.1, 0.15) is 11.6 Å². The van der Waals surface area contributed by atoms with Gasteiger partial charge in [0.2, 0.25) is 0 Å². The molecule has 0 aliphatic carbocycles. The Morgan fingerprint density at radius 1 is 1.37 bits per heavy atom. The lowest BCUT2D eigenvalue weighted by atomic mass is 10.0. The van der Waals surface area contributed by atoms with Gasteiger partial charge in [0.05, 0.1) is 5.56 Å². The van der Waals surface area contributed by atoms with E-state index in [1.165, 1.54) is 0 Å². The highest BCUT2D eigenvalue weighted by Gasteiger charge is 2.14. The molecule has 0 spiro atoms. The molecule has 19 heavy (non-hydrogen) atoms. The fourth-order valence-electron chi connectivity index (χ4n) is 2.08. The van der Waals surface area contributed by atoms with Crippen molar-refractivity contribution in [3.63, 3.8) is 0 Å². The molecule has 0 saturated carbocycles. The van der Waals surface area contributed by atoms with Crippen LogP contribution in [0.3, 0.4) is 0 Å². The fourth-order valence-corrected chi connectivity index (χ4v) is 2.55. The van der Waals surface area contributed by atoms with E-state index in [0.717, 1.165) is 15.6 Å². The third-order valence-corrected chi connectivity index (χ3v) is 3.50. The van der Waals surface area contributed by atoms with Gasteiger partial charge in [-0.1, -0.05) is 29.8 Å². The summed E-state index contributed by atoms with van der Waals surface area (Å²) in [5, 5.41) is 0. The van der Waals surface area contributed by atoms with Gasteiger partial charge in [0.15, 0.2) is 0 Å². The maximum absolute atomic E-state index is 12.1. The summed E-state index contributed by atoms with van der Waals surface area (Å²) in [4.78, 5) is 19.2. The molecule has 0 aliphatic heterocycles. The number of halogens is 1. The zero-order valence-corrected chi connectivity index (χ0v) is 12.7. The Labute approximate surface area is 120 Å². The standard InChI is InChI=1S/C14H16BrN3O/c1-7(2)11-12(16)17-13(18-14(11)19)10-5-4-9(15)6-8(10)3/h4-7H,1-3H3,(H3,16,17,18,19). The molecule has 1 heterocycles. The molecule has 0 fully saturated rings.